The van der Waals surface area contributed by atoms with E-state index in [0.29, 0.717) is 16.8 Å². The second-order valence-electron chi connectivity index (χ2n) is 3.54. The van der Waals surface area contributed by atoms with E-state index in [2.05, 4.69) is 26.0 Å². The van der Waals surface area contributed by atoms with Crippen molar-refractivity contribution in [2.45, 2.75) is 0 Å². The van der Waals surface area contributed by atoms with E-state index in [1.165, 1.54) is 0 Å². The first-order valence-electron chi connectivity index (χ1n) is 5.17. The van der Waals surface area contributed by atoms with E-state index >= 15 is 0 Å². The molecule has 18 heavy (non-hydrogen) atoms. The summed E-state index contributed by atoms with van der Waals surface area (Å²) < 4.78 is 0.905. The van der Waals surface area contributed by atoms with Crippen LogP contribution in [0, 0.1) is 0 Å². The van der Waals surface area contributed by atoms with Gasteiger partial charge in [-0.05, 0) is 29.8 Å². The Kier molecular flexibility index (Phi) is 3.77. The Bertz CT molecular complexity index is 631. The summed E-state index contributed by atoms with van der Waals surface area (Å²) in [5.41, 5.74) is 9.77. The van der Waals surface area contributed by atoms with Gasteiger partial charge in [0.05, 0.1) is 0 Å². The van der Waals surface area contributed by atoms with E-state index in [4.69, 9.17) is 5.53 Å². The molecule has 4 nitrogen and oxygen atoms in total. The number of carbonyl (C=O) groups excluding carboxylic acids is 1. The molecule has 0 spiro atoms. The Morgan fingerprint density at radius 3 is 2.44 bits per heavy atom. The summed E-state index contributed by atoms with van der Waals surface area (Å²) in [6.45, 7) is 0. The Labute approximate surface area is 112 Å². The summed E-state index contributed by atoms with van der Waals surface area (Å²) in [7, 11) is 0. The summed E-state index contributed by atoms with van der Waals surface area (Å²) in [6.07, 6.45) is 0. The van der Waals surface area contributed by atoms with Gasteiger partial charge in [-0.2, -0.15) is 0 Å². The van der Waals surface area contributed by atoms with Crippen LogP contribution < -0.4 is 0 Å². The highest BCUT2D eigenvalue weighted by Gasteiger charge is 2.11. The van der Waals surface area contributed by atoms with Crippen LogP contribution in [0.2, 0.25) is 0 Å². The number of halogens is 1. The topological polar surface area (TPSA) is 65.8 Å². The third kappa shape index (κ3) is 2.59. The van der Waals surface area contributed by atoms with E-state index in [1.54, 1.807) is 48.5 Å². The average molecular weight is 302 g/mol. The molecule has 2 rings (SSSR count). The summed E-state index contributed by atoms with van der Waals surface area (Å²) in [6, 6.07) is 13.8. The van der Waals surface area contributed by atoms with Gasteiger partial charge in [-0.1, -0.05) is 45.3 Å². The Balaban J connectivity index is 2.46. The van der Waals surface area contributed by atoms with Crippen LogP contribution in [0.5, 0.6) is 0 Å². The molecule has 0 aliphatic carbocycles. The van der Waals surface area contributed by atoms with Gasteiger partial charge in [0, 0.05) is 26.2 Å². The molecule has 0 radical (unpaired) electrons. The molecule has 0 N–H and O–H groups in total. The van der Waals surface area contributed by atoms with Crippen LogP contribution in [-0.2, 0) is 0 Å². The molecule has 2 aromatic carbocycles. The van der Waals surface area contributed by atoms with Gasteiger partial charge < -0.3 is 0 Å². The number of benzene rings is 2. The smallest absolute Gasteiger partial charge is 0.193 e. The largest absolute Gasteiger partial charge is 0.289 e. The average Bonchev–Trinajstić information content (AvgIpc) is 2.40. The zero-order valence-corrected chi connectivity index (χ0v) is 10.8. The third-order valence-electron chi connectivity index (χ3n) is 2.41. The van der Waals surface area contributed by atoms with Crippen molar-refractivity contribution in [2.75, 3.05) is 0 Å². The van der Waals surface area contributed by atoms with E-state index in [1.807, 2.05) is 0 Å². The lowest BCUT2D eigenvalue weighted by Gasteiger charge is -2.04. The van der Waals surface area contributed by atoms with Crippen molar-refractivity contribution < 1.29 is 4.79 Å². The molecular weight excluding hydrogens is 294 g/mol. The Morgan fingerprint density at radius 1 is 1.11 bits per heavy atom. The minimum atomic E-state index is -0.162. The van der Waals surface area contributed by atoms with E-state index in [0.717, 1.165) is 4.47 Å². The third-order valence-corrected chi connectivity index (χ3v) is 2.94. The van der Waals surface area contributed by atoms with Gasteiger partial charge in [-0.15, -0.1) is 0 Å². The number of ketones is 1. The second kappa shape index (κ2) is 5.49. The predicted octanol–water partition coefficient (Wildman–Crippen LogP) is 4.62. The number of nitrogens with zero attached hydrogens (tertiary/aromatic N) is 3. The van der Waals surface area contributed by atoms with Crippen LogP contribution in [0.3, 0.4) is 0 Å². The van der Waals surface area contributed by atoms with Gasteiger partial charge in [-0.25, -0.2) is 0 Å². The molecule has 88 valence electrons. The normalized spacial score (nSPS) is 9.61. The Hall–Kier alpha value is -2.10. The first-order chi connectivity index (χ1) is 8.72. The molecule has 5 heteroatoms. The number of hydrogen-bond donors (Lipinski definition) is 0. The predicted molar refractivity (Wildman–Crippen MR) is 72.8 cm³/mol. The van der Waals surface area contributed by atoms with Gasteiger partial charge in [0.1, 0.15) is 0 Å². The van der Waals surface area contributed by atoms with Crippen LogP contribution >= 0.6 is 15.9 Å². The lowest BCUT2D eigenvalue weighted by molar-refractivity contribution is 0.103. The molecular formula is C13H8BrN3O. The molecule has 0 amide bonds. The standard InChI is InChI=1S/C13H8BrN3O/c14-10-7-5-9(6-8-10)13(18)11-3-1-2-4-12(11)16-17-15/h1-8H. The maximum atomic E-state index is 12.3. The fraction of sp³-hybridized carbons (Fsp3) is 0. The van der Waals surface area contributed by atoms with Crippen molar-refractivity contribution in [2.24, 2.45) is 5.11 Å². The summed E-state index contributed by atoms with van der Waals surface area (Å²) in [5.74, 6) is -0.162. The van der Waals surface area contributed by atoms with Crippen molar-refractivity contribution in [3.8, 4) is 0 Å². The SMILES string of the molecule is [N-]=[N+]=Nc1ccccc1C(=O)c1ccc(Br)cc1. The van der Waals surface area contributed by atoms with Gasteiger partial charge in [0.15, 0.2) is 5.78 Å². The van der Waals surface area contributed by atoms with Crippen molar-refractivity contribution in [3.63, 3.8) is 0 Å². The molecule has 0 bridgehead atoms. The maximum Gasteiger partial charge on any atom is 0.193 e. The van der Waals surface area contributed by atoms with E-state index in [9.17, 15) is 4.79 Å². The lowest BCUT2D eigenvalue weighted by Crippen LogP contribution is -2.01. The van der Waals surface area contributed by atoms with Gasteiger partial charge in [-0.3, -0.25) is 4.79 Å². The van der Waals surface area contributed by atoms with Gasteiger partial charge in [0.2, 0.25) is 0 Å². The molecule has 0 fully saturated rings. The molecule has 0 unspecified atom stereocenters. The Morgan fingerprint density at radius 2 is 1.78 bits per heavy atom. The first kappa shape index (κ1) is 12.4. The fourth-order valence-corrected chi connectivity index (χ4v) is 1.82. The number of azide groups is 1. The minimum Gasteiger partial charge on any atom is -0.289 e. The number of hydrogen-bond acceptors (Lipinski definition) is 2. The zero-order valence-electron chi connectivity index (χ0n) is 9.25. The van der Waals surface area contributed by atoms with Crippen LogP contribution in [0.25, 0.3) is 10.4 Å². The number of carbonyl (C=O) groups is 1. The van der Waals surface area contributed by atoms with E-state index in [-0.39, 0.29) is 5.78 Å². The molecule has 2 aromatic rings. The highest BCUT2D eigenvalue weighted by atomic mass is 79.9. The fourth-order valence-electron chi connectivity index (χ4n) is 1.56. The van der Waals surface area contributed by atoms with Crippen LogP contribution in [0.15, 0.2) is 58.1 Å². The summed E-state index contributed by atoms with van der Waals surface area (Å²) in [5, 5.41) is 3.52. The summed E-state index contributed by atoms with van der Waals surface area (Å²) >= 11 is 3.31. The molecule has 0 heterocycles. The lowest BCUT2D eigenvalue weighted by atomic mass is 10.0. The first-order valence-corrected chi connectivity index (χ1v) is 5.96. The molecule has 0 aliphatic rings. The molecule has 0 saturated heterocycles. The maximum absolute atomic E-state index is 12.3. The number of rotatable bonds is 3. The molecule has 0 atom stereocenters. The van der Waals surface area contributed by atoms with Crippen molar-refractivity contribution >= 4 is 27.4 Å². The highest BCUT2D eigenvalue weighted by molar-refractivity contribution is 9.10. The molecule has 0 aromatic heterocycles. The quantitative estimate of drug-likeness (QED) is 0.353. The van der Waals surface area contributed by atoms with Crippen LogP contribution in [-0.4, -0.2) is 5.78 Å². The van der Waals surface area contributed by atoms with Crippen LogP contribution in [0.1, 0.15) is 15.9 Å². The van der Waals surface area contributed by atoms with Crippen molar-refractivity contribution in [1.29, 1.82) is 0 Å². The van der Waals surface area contributed by atoms with Crippen molar-refractivity contribution in [1.82, 2.24) is 0 Å². The minimum absolute atomic E-state index is 0.162. The van der Waals surface area contributed by atoms with Crippen LogP contribution in [0.4, 0.5) is 5.69 Å². The van der Waals surface area contributed by atoms with Gasteiger partial charge in [0.25, 0.3) is 0 Å². The van der Waals surface area contributed by atoms with Crippen molar-refractivity contribution in [3.05, 3.63) is 74.6 Å². The zero-order chi connectivity index (χ0) is 13.0. The van der Waals surface area contributed by atoms with E-state index < -0.39 is 0 Å². The molecule has 0 aliphatic heterocycles. The second-order valence-corrected chi connectivity index (χ2v) is 4.46. The highest BCUT2D eigenvalue weighted by Crippen LogP contribution is 2.22. The molecule has 0 saturated carbocycles. The summed E-state index contributed by atoms with van der Waals surface area (Å²) in [4.78, 5) is 15.0. The van der Waals surface area contributed by atoms with Gasteiger partial charge >= 0.3 is 0 Å². The monoisotopic (exact) mass is 301 g/mol.